The van der Waals surface area contributed by atoms with Crippen molar-refractivity contribution >= 4 is 0 Å². The highest BCUT2D eigenvalue weighted by atomic mass is 19.4. The number of rotatable bonds is 0. The molecule has 1 atom stereocenters. The Morgan fingerprint density at radius 1 is 1.00 bits per heavy atom. The fraction of sp³-hybridized carbons (Fsp3) is 1.00. The molecule has 0 aromatic heterocycles. The van der Waals surface area contributed by atoms with Crippen LogP contribution in [-0.4, -0.2) is 18.0 Å². The molecule has 7 heteroatoms. The highest BCUT2D eigenvalue weighted by Crippen LogP contribution is 2.56. The molecule has 1 saturated carbocycles. The van der Waals surface area contributed by atoms with Gasteiger partial charge in [-0.2, -0.15) is 30.7 Å². The van der Waals surface area contributed by atoms with Crippen LogP contribution in [0.3, 0.4) is 0 Å². The summed E-state index contributed by atoms with van der Waals surface area (Å²) in [6.07, 6.45) is -7.89. The van der Waals surface area contributed by atoms with Crippen LogP contribution >= 0.6 is 0 Å². The molecule has 0 nitrogen and oxygen atoms in total. The summed E-state index contributed by atoms with van der Waals surface area (Å²) in [6, 6.07) is 0. The van der Waals surface area contributed by atoms with Gasteiger partial charge in [0.05, 0.1) is 0 Å². The Morgan fingerprint density at radius 3 is 1.62 bits per heavy atom. The van der Waals surface area contributed by atoms with Crippen LogP contribution in [0, 0.1) is 5.92 Å². The molecule has 0 aromatic carbocycles. The van der Waals surface area contributed by atoms with E-state index in [9.17, 15) is 30.7 Å². The van der Waals surface area contributed by atoms with Gasteiger partial charge in [-0.15, -0.1) is 0 Å². The van der Waals surface area contributed by atoms with Crippen molar-refractivity contribution < 1.29 is 30.7 Å². The normalized spacial score (nSPS) is 32.1. The van der Waals surface area contributed by atoms with Gasteiger partial charge in [0.1, 0.15) is 5.92 Å². The van der Waals surface area contributed by atoms with Gasteiger partial charge in [0, 0.05) is 6.42 Å². The number of halogens is 7. The van der Waals surface area contributed by atoms with Crippen molar-refractivity contribution in [3.05, 3.63) is 0 Å². The molecule has 0 saturated heterocycles. The quantitative estimate of drug-likeness (QED) is 0.538. The summed E-state index contributed by atoms with van der Waals surface area (Å²) in [6.45, 7) is 0. The lowest BCUT2D eigenvalue weighted by molar-refractivity contribution is -0.276. The molecule has 0 spiro atoms. The Labute approximate surface area is 68.7 Å². The minimum Gasteiger partial charge on any atom is -0.200 e. The largest absolute Gasteiger partial charge is 0.397 e. The molecule has 0 N–H and O–H groups in total. The van der Waals surface area contributed by atoms with Crippen molar-refractivity contribution in [1.82, 2.24) is 0 Å². The summed E-state index contributed by atoms with van der Waals surface area (Å²) in [5.41, 5.74) is 0. The second kappa shape index (κ2) is 2.51. The summed E-state index contributed by atoms with van der Waals surface area (Å²) in [5.74, 6) is -12.7. The fourth-order valence-corrected chi connectivity index (χ4v) is 1.30. The van der Waals surface area contributed by atoms with E-state index in [1.807, 2.05) is 0 Å². The van der Waals surface area contributed by atoms with E-state index in [0.717, 1.165) is 0 Å². The highest BCUT2D eigenvalue weighted by Gasteiger charge is 2.72. The zero-order chi connectivity index (χ0) is 10.5. The summed E-state index contributed by atoms with van der Waals surface area (Å²) in [4.78, 5) is 0. The fourth-order valence-electron chi connectivity index (χ4n) is 1.30. The lowest BCUT2D eigenvalue weighted by atomic mass is 10.0. The van der Waals surface area contributed by atoms with Crippen LogP contribution < -0.4 is 0 Å². The molecule has 1 aliphatic carbocycles. The summed E-state index contributed by atoms with van der Waals surface area (Å²) >= 11 is 0. The van der Waals surface area contributed by atoms with Crippen molar-refractivity contribution in [2.24, 2.45) is 5.92 Å². The van der Waals surface area contributed by atoms with Crippen LogP contribution in [0.1, 0.15) is 12.8 Å². The van der Waals surface area contributed by atoms with Gasteiger partial charge in [0.25, 0.3) is 0 Å². The second-order valence-corrected chi connectivity index (χ2v) is 2.96. The van der Waals surface area contributed by atoms with Crippen molar-refractivity contribution in [3.8, 4) is 0 Å². The van der Waals surface area contributed by atoms with Crippen LogP contribution in [0.15, 0.2) is 0 Å². The van der Waals surface area contributed by atoms with Crippen molar-refractivity contribution in [2.75, 3.05) is 0 Å². The van der Waals surface area contributed by atoms with Gasteiger partial charge in [0.15, 0.2) is 0 Å². The van der Waals surface area contributed by atoms with Crippen LogP contribution in [0.2, 0.25) is 0 Å². The van der Waals surface area contributed by atoms with E-state index in [0.29, 0.717) is 0 Å². The van der Waals surface area contributed by atoms with Gasteiger partial charge in [-0.25, -0.2) is 0 Å². The van der Waals surface area contributed by atoms with Crippen LogP contribution in [-0.2, 0) is 0 Å². The third-order valence-electron chi connectivity index (χ3n) is 2.07. The number of alkyl halides is 7. The van der Waals surface area contributed by atoms with E-state index < -0.39 is 36.8 Å². The molecule has 1 aliphatic rings. The Kier molecular flexibility index (Phi) is 2.04. The molecule has 13 heavy (non-hydrogen) atoms. The highest BCUT2D eigenvalue weighted by molar-refractivity contribution is 5.00. The van der Waals surface area contributed by atoms with Gasteiger partial charge in [-0.1, -0.05) is 0 Å². The maximum absolute atomic E-state index is 12.4. The minimum atomic E-state index is -5.26. The first-order valence-electron chi connectivity index (χ1n) is 3.41. The first-order chi connectivity index (χ1) is 5.59. The number of hydrogen-bond acceptors (Lipinski definition) is 0. The summed E-state index contributed by atoms with van der Waals surface area (Å²) < 4.78 is 84.7. The standard InChI is InChI=1S/C6H5F7/c7-4(8)2-1-3(5(4,9)10)6(11,12)13/h3H,1-2H2. The first kappa shape index (κ1) is 10.6. The molecule has 0 amide bonds. The Morgan fingerprint density at radius 2 is 1.46 bits per heavy atom. The summed E-state index contributed by atoms with van der Waals surface area (Å²) in [7, 11) is 0. The van der Waals surface area contributed by atoms with Crippen LogP contribution in [0.25, 0.3) is 0 Å². The molecule has 0 heterocycles. The van der Waals surface area contributed by atoms with Crippen molar-refractivity contribution in [1.29, 1.82) is 0 Å². The van der Waals surface area contributed by atoms with Gasteiger partial charge < -0.3 is 0 Å². The molecule has 1 fully saturated rings. The third kappa shape index (κ3) is 1.48. The maximum atomic E-state index is 12.4. The molecule has 0 bridgehead atoms. The van der Waals surface area contributed by atoms with Crippen molar-refractivity contribution in [2.45, 2.75) is 30.9 Å². The molecule has 1 unspecified atom stereocenters. The Bertz CT molecular complexity index is 204. The van der Waals surface area contributed by atoms with E-state index in [-0.39, 0.29) is 0 Å². The zero-order valence-corrected chi connectivity index (χ0v) is 6.14. The summed E-state index contributed by atoms with van der Waals surface area (Å²) in [5, 5.41) is 0. The molecule has 0 aliphatic heterocycles. The predicted molar refractivity (Wildman–Crippen MR) is 28.7 cm³/mol. The minimum absolute atomic E-state index is 1.22. The van der Waals surface area contributed by atoms with Crippen LogP contribution in [0.4, 0.5) is 30.7 Å². The number of hydrogen-bond donors (Lipinski definition) is 0. The molecular formula is C6H5F7. The van der Waals surface area contributed by atoms with E-state index in [1.165, 1.54) is 0 Å². The third-order valence-corrected chi connectivity index (χ3v) is 2.07. The first-order valence-corrected chi connectivity index (χ1v) is 3.41. The molecule has 0 radical (unpaired) electrons. The zero-order valence-electron chi connectivity index (χ0n) is 6.14. The SMILES string of the molecule is FC(F)(F)C1CCC(F)(F)C1(F)F. The second-order valence-electron chi connectivity index (χ2n) is 2.96. The van der Waals surface area contributed by atoms with Gasteiger partial charge in [0.2, 0.25) is 0 Å². The van der Waals surface area contributed by atoms with Gasteiger partial charge in [-0.3, -0.25) is 0 Å². The average molecular weight is 210 g/mol. The molecule has 1 rings (SSSR count). The van der Waals surface area contributed by atoms with E-state index in [2.05, 4.69) is 0 Å². The topological polar surface area (TPSA) is 0 Å². The monoisotopic (exact) mass is 210 g/mol. The van der Waals surface area contributed by atoms with E-state index >= 15 is 0 Å². The van der Waals surface area contributed by atoms with E-state index in [1.54, 1.807) is 0 Å². The molecular weight excluding hydrogens is 205 g/mol. The molecule has 78 valence electrons. The Hall–Kier alpha value is -0.490. The maximum Gasteiger partial charge on any atom is 0.397 e. The van der Waals surface area contributed by atoms with Crippen molar-refractivity contribution in [3.63, 3.8) is 0 Å². The van der Waals surface area contributed by atoms with Crippen LogP contribution in [0.5, 0.6) is 0 Å². The Balaban J connectivity index is 2.95. The van der Waals surface area contributed by atoms with Gasteiger partial charge >= 0.3 is 18.0 Å². The predicted octanol–water partition coefficient (Wildman–Crippen LogP) is 3.23. The molecule has 0 aromatic rings. The lowest BCUT2D eigenvalue weighted by Crippen LogP contribution is -2.44. The van der Waals surface area contributed by atoms with E-state index in [4.69, 9.17) is 0 Å². The smallest absolute Gasteiger partial charge is 0.200 e. The average Bonchev–Trinajstić information content (AvgIpc) is 2.00. The lowest BCUT2D eigenvalue weighted by Gasteiger charge is -2.25. The van der Waals surface area contributed by atoms with Gasteiger partial charge in [-0.05, 0) is 6.42 Å².